The third kappa shape index (κ3) is 6.21. The number of thiocarbonyl (C=S) groups is 1. The SMILES string of the molecule is O=C1C(Cc2ccc(-c3ccc(F)cc3)s2)SC(=S)N1C1CCCCCCCCCCC1. The molecule has 0 N–H and O–H groups in total. The molecular weight excluding hydrogens is 457 g/mol. The number of hydrogen-bond acceptors (Lipinski definition) is 4. The Bertz CT molecular complexity index is 898. The maximum atomic E-state index is 13.4. The van der Waals surface area contributed by atoms with E-state index in [0.717, 1.165) is 27.6 Å². The molecule has 1 amide bonds. The third-order valence-electron chi connectivity index (χ3n) is 6.57. The summed E-state index contributed by atoms with van der Waals surface area (Å²) in [5.41, 5.74) is 1.01. The Kier molecular flexibility index (Phi) is 8.78. The van der Waals surface area contributed by atoms with Crippen LogP contribution in [0.2, 0.25) is 0 Å². The van der Waals surface area contributed by atoms with Crippen LogP contribution in [0.4, 0.5) is 4.39 Å². The second-order valence-corrected chi connectivity index (χ2v) is 12.0. The Morgan fingerprint density at radius 3 is 2.09 bits per heavy atom. The molecular formula is C26H32FNOS3. The number of thiophene rings is 1. The van der Waals surface area contributed by atoms with Crippen LogP contribution in [-0.4, -0.2) is 26.4 Å². The lowest BCUT2D eigenvalue weighted by molar-refractivity contribution is -0.127. The fraction of sp³-hybridized carbons (Fsp3) is 0.538. The molecule has 1 aliphatic heterocycles. The van der Waals surface area contributed by atoms with Gasteiger partial charge in [-0.1, -0.05) is 93.9 Å². The molecule has 4 rings (SSSR count). The molecule has 0 radical (unpaired) electrons. The van der Waals surface area contributed by atoms with Crippen molar-refractivity contribution in [3.8, 4) is 10.4 Å². The minimum Gasteiger partial charge on any atom is -0.294 e. The number of thioether (sulfide) groups is 1. The van der Waals surface area contributed by atoms with Gasteiger partial charge in [0.1, 0.15) is 10.1 Å². The van der Waals surface area contributed by atoms with Crippen LogP contribution in [0.1, 0.15) is 75.5 Å². The average molecular weight is 490 g/mol. The summed E-state index contributed by atoms with van der Waals surface area (Å²) in [5.74, 6) is -0.0207. The largest absolute Gasteiger partial charge is 0.294 e. The normalized spacial score (nSPS) is 22.0. The molecule has 1 aromatic carbocycles. The van der Waals surface area contributed by atoms with Gasteiger partial charge in [-0.15, -0.1) is 11.3 Å². The van der Waals surface area contributed by atoms with Crippen molar-refractivity contribution in [3.05, 3.63) is 47.1 Å². The number of halogens is 1. The zero-order chi connectivity index (χ0) is 22.3. The van der Waals surface area contributed by atoms with Crippen LogP contribution < -0.4 is 0 Å². The lowest BCUT2D eigenvalue weighted by Crippen LogP contribution is -2.41. The molecule has 1 saturated carbocycles. The predicted molar refractivity (Wildman–Crippen MR) is 139 cm³/mol. The molecule has 2 nitrogen and oxygen atoms in total. The quantitative estimate of drug-likeness (QED) is 0.406. The molecule has 1 unspecified atom stereocenters. The van der Waals surface area contributed by atoms with Gasteiger partial charge in [0.15, 0.2) is 0 Å². The summed E-state index contributed by atoms with van der Waals surface area (Å²) in [6.07, 6.45) is 14.5. The van der Waals surface area contributed by atoms with Crippen molar-refractivity contribution in [3.63, 3.8) is 0 Å². The van der Waals surface area contributed by atoms with E-state index in [-0.39, 0.29) is 23.0 Å². The molecule has 0 bridgehead atoms. The van der Waals surface area contributed by atoms with Gasteiger partial charge in [0, 0.05) is 22.2 Å². The third-order valence-corrected chi connectivity index (χ3v) is 9.26. The van der Waals surface area contributed by atoms with Gasteiger partial charge in [0.25, 0.3) is 0 Å². The number of nitrogens with zero attached hydrogens (tertiary/aromatic N) is 1. The van der Waals surface area contributed by atoms with Crippen LogP contribution >= 0.6 is 35.3 Å². The number of hydrogen-bond donors (Lipinski definition) is 0. The van der Waals surface area contributed by atoms with E-state index in [0.29, 0.717) is 6.42 Å². The molecule has 1 saturated heterocycles. The Hall–Kier alpha value is -1.24. The highest BCUT2D eigenvalue weighted by Crippen LogP contribution is 2.37. The van der Waals surface area contributed by atoms with E-state index in [9.17, 15) is 9.18 Å². The highest BCUT2D eigenvalue weighted by molar-refractivity contribution is 8.24. The lowest BCUT2D eigenvalue weighted by atomic mass is 9.97. The number of carbonyl (C=O) groups is 1. The topological polar surface area (TPSA) is 20.3 Å². The van der Waals surface area contributed by atoms with Gasteiger partial charge in [0.2, 0.25) is 5.91 Å². The van der Waals surface area contributed by atoms with E-state index in [1.807, 2.05) is 4.90 Å². The van der Waals surface area contributed by atoms with Gasteiger partial charge in [-0.3, -0.25) is 9.69 Å². The minimum atomic E-state index is -0.223. The monoisotopic (exact) mass is 489 g/mol. The first-order valence-corrected chi connectivity index (χ1v) is 14.1. The van der Waals surface area contributed by atoms with Crippen molar-refractivity contribution in [1.29, 1.82) is 0 Å². The summed E-state index contributed by atoms with van der Waals surface area (Å²) in [6.45, 7) is 0. The first-order valence-electron chi connectivity index (χ1n) is 12.0. The summed E-state index contributed by atoms with van der Waals surface area (Å²) in [5, 5.41) is -0.122. The fourth-order valence-corrected chi connectivity index (χ4v) is 7.60. The first kappa shape index (κ1) is 23.9. The number of amides is 1. The van der Waals surface area contributed by atoms with Gasteiger partial charge >= 0.3 is 0 Å². The molecule has 1 aromatic heterocycles. The van der Waals surface area contributed by atoms with Crippen molar-refractivity contribution in [1.82, 2.24) is 4.90 Å². The van der Waals surface area contributed by atoms with E-state index >= 15 is 0 Å². The molecule has 0 spiro atoms. The highest BCUT2D eigenvalue weighted by atomic mass is 32.2. The van der Waals surface area contributed by atoms with Crippen molar-refractivity contribution in [2.75, 3.05) is 0 Å². The lowest BCUT2D eigenvalue weighted by Gasteiger charge is -2.28. The van der Waals surface area contributed by atoms with Gasteiger partial charge in [-0.25, -0.2) is 4.39 Å². The zero-order valence-electron chi connectivity index (χ0n) is 18.6. The van der Waals surface area contributed by atoms with Gasteiger partial charge in [-0.2, -0.15) is 0 Å². The van der Waals surface area contributed by atoms with Crippen molar-refractivity contribution in [2.45, 2.75) is 88.3 Å². The number of carbonyl (C=O) groups excluding carboxylic acids is 1. The Balaban J connectivity index is 1.39. The molecule has 6 heteroatoms. The van der Waals surface area contributed by atoms with Gasteiger partial charge in [0.05, 0.1) is 5.25 Å². The Morgan fingerprint density at radius 1 is 0.875 bits per heavy atom. The maximum absolute atomic E-state index is 13.4. The second kappa shape index (κ2) is 11.8. The van der Waals surface area contributed by atoms with Crippen LogP contribution in [0.5, 0.6) is 0 Å². The zero-order valence-corrected chi connectivity index (χ0v) is 21.0. The number of rotatable bonds is 4. The van der Waals surface area contributed by atoms with Crippen molar-refractivity contribution in [2.24, 2.45) is 0 Å². The van der Waals surface area contributed by atoms with Crippen LogP contribution in [0.25, 0.3) is 10.4 Å². The molecule has 32 heavy (non-hydrogen) atoms. The minimum absolute atomic E-state index is 0.122. The molecule has 2 aromatic rings. The van der Waals surface area contributed by atoms with Crippen molar-refractivity contribution < 1.29 is 9.18 Å². The molecule has 1 atom stereocenters. The van der Waals surface area contributed by atoms with Crippen LogP contribution in [0.15, 0.2) is 36.4 Å². The smallest absolute Gasteiger partial charge is 0.242 e. The maximum Gasteiger partial charge on any atom is 0.242 e. The van der Waals surface area contributed by atoms with Crippen molar-refractivity contribution >= 4 is 45.5 Å². The standard InChI is InChI=1S/C26H32FNOS3/c27-20-14-12-19(13-15-20)23-17-16-22(31-23)18-24-25(29)28(26(30)32-24)21-10-8-6-4-2-1-3-5-7-9-11-21/h12-17,21,24H,1-11,18H2. The summed E-state index contributed by atoms with van der Waals surface area (Å²) in [6, 6.07) is 11.0. The van der Waals surface area contributed by atoms with E-state index in [1.165, 1.54) is 74.8 Å². The fourth-order valence-electron chi connectivity index (χ4n) is 4.77. The molecule has 2 aliphatic rings. The average Bonchev–Trinajstić information content (AvgIpc) is 3.34. The summed E-state index contributed by atoms with van der Waals surface area (Å²) < 4.78 is 14.0. The molecule has 1 aliphatic carbocycles. The molecule has 2 heterocycles. The van der Waals surface area contributed by atoms with E-state index in [1.54, 1.807) is 35.2 Å². The van der Waals surface area contributed by atoms with Crippen LogP contribution in [0.3, 0.4) is 0 Å². The Labute approximate surface area is 205 Å². The number of benzene rings is 1. The second-order valence-electron chi connectivity index (χ2n) is 8.97. The van der Waals surface area contributed by atoms with E-state index < -0.39 is 0 Å². The van der Waals surface area contributed by atoms with E-state index in [2.05, 4.69) is 12.1 Å². The summed E-state index contributed by atoms with van der Waals surface area (Å²) in [4.78, 5) is 17.7. The van der Waals surface area contributed by atoms with Gasteiger partial charge in [-0.05, 0) is 42.7 Å². The summed E-state index contributed by atoms with van der Waals surface area (Å²) in [7, 11) is 0. The van der Waals surface area contributed by atoms with Gasteiger partial charge < -0.3 is 0 Å². The van der Waals surface area contributed by atoms with E-state index in [4.69, 9.17) is 12.2 Å². The first-order chi connectivity index (χ1) is 15.6. The molecule has 172 valence electrons. The van der Waals surface area contributed by atoms with Crippen LogP contribution in [-0.2, 0) is 11.2 Å². The predicted octanol–water partition coefficient (Wildman–Crippen LogP) is 8.00. The Morgan fingerprint density at radius 2 is 1.47 bits per heavy atom. The highest BCUT2D eigenvalue weighted by Gasteiger charge is 2.40. The van der Waals surface area contributed by atoms with Crippen LogP contribution in [0, 0.1) is 5.82 Å². The summed E-state index contributed by atoms with van der Waals surface area (Å²) >= 11 is 8.96. The molecule has 2 fully saturated rings.